The minimum absolute atomic E-state index is 0.128. The smallest absolute Gasteiger partial charge is 0.275 e. The molecule has 0 fully saturated rings. The molecule has 0 spiro atoms. The second-order valence-corrected chi connectivity index (χ2v) is 3.51. The van der Waals surface area contributed by atoms with Gasteiger partial charge in [0.15, 0.2) is 5.69 Å². The fourth-order valence-electron chi connectivity index (χ4n) is 0.615. The number of anilines is 1. The van der Waals surface area contributed by atoms with Crippen LogP contribution in [0.2, 0.25) is 0 Å². The van der Waals surface area contributed by atoms with Crippen molar-refractivity contribution < 1.29 is 4.79 Å². The third-order valence-electron chi connectivity index (χ3n) is 1.17. The molecule has 3 N–H and O–H groups in total. The molecule has 13 heavy (non-hydrogen) atoms. The van der Waals surface area contributed by atoms with E-state index in [4.69, 9.17) is 17.3 Å². The first-order valence-electron chi connectivity index (χ1n) is 3.30. The number of hydrogen-bond donors (Lipinski definition) is 2. The fourth-order valence-corrected chi connectivity index (χ4v) is 1.11. The average Bonchev–Trinajstić information content (AvgIpc) is 2.47. The average molecular weight is 219 g/mol. The molecule has 0 atom stereocenters. The third kappa shape index (κ3) is 2.67. The highest BCUT2D eigenvalue weighted by Gasteiger charge is 2.13. The Morgan fingerprint density at radius 3 is 2.92 bits per heavy atom. The summed E-state index contributed by atoms with van der Waals surface area (Å²) in [7, 11) is 0. The predicted molar refractivity (Wildman–Crippen MR) is 51.6 cm³/mol. The first-order valence-corrected chi connectivity index (χ1v) is 4.45. The number of nitrogens with zero attached hydrogens (tertiary/aromatic N) is 2. The van der Waals surface area contributed by atoms with E-state index in [-0.39, 0.29) is 17.2 Å². The van der Waals surface area contributed by atoms with Crippen LogP contribution in [0.3, 0.4) is 0 Å². The van der Waals surface area contributed by atoms with E-state index < -0.39 is 5.91 Å². The SMILES string of the molecule is C=C(Cl)CNC(=O)c1nnsc1N. The number of aromatic nitrogens is 2. The maximum atomic E-state index is 11.2. The molecule has 0 bridgehead atoms. The Morgan fingerprint density at radius 2 is 2.46 bits per heavy atom. The van der Waals surface area contributed by atoms with Crippen LogP contribution in [0.4, 0.5) is 5.00 Å². The van der Waals surface area contributed by atoms with E-state index in [9.17, 15) is 4.79 Å². The first-order chi connectivity index (χ1) is 6.11. The van der Waals surface area contributed by atoms with Crippen molar-refractivity contribution in [3.63, 3.8) is 0 Å². The normalized spacial score (nSPS) is 9.62. The van der Waals surface area contributed by atoms with E-state index in [0.717, 1.165) is 11.5 Å². The van der Waals surface area contributed by atoms with Crippen LogP contribution in [0, 0.1) is 0 Å². The molecule has 1 heterocycles. The van der Waals surface area contributed by atoms with Crippen molar-refractivity contribution in [2.24, 2.45) is 0 Å². The molecule has 0 saturated heterocycles. The van der Waals surface area contributed by atoms with Crippen molar-refractivity contribution >= 4 is 34.0 Å². The fraction of sp³-hybridized carbons (Fsp3) is 0.167. The molecular formula is C6H7ClN4OS. The summed E-state index contributed by atoms with van der Waals surface area (Å²) in [6, 6.07) is 0. The molecule has 0 aliphatic rings. The molecule has 1 rings (SSSR count). The molecule has 0 unspecified atom stereocenters. The molecule has 0 aliphatic carbocycles. The summed E-state index contributed by atoms with van der Waals surface area (Å²) < 4.78 is 3.52. The van der Waals surface area contributed by atoms with Gasteiger partial charge in [-0.2, -0.15) is 0 Å². The Balaban J connectivity index is 2.59. The Bertz CT molecular complexity index is 337. The Kier molecular flexibility index (Phi) is 3.21. The van der Waals surface area contributed by atoms with Gasteiger partial charge in [-0.05, 0) is 0 Å². The van der Waals surface area contributed by atoms with Gasteiger partial charge in [0.05, 0.1) is 6.54 Å². The van der Waals surface area contributed by atoms with E-state index >= 15 is 0 Å². The zero-order chi connectivity index (χ0) is 9.84. The topological polar surface area (TPSA) is 80.9 Å². The van der Waals surface area contributed by atoms with Crippen LogP contribution in [0.5, 0.6) is 0 Å². The van der Waals surface area contributed by atoms with Gasteiger partial charge in [-0.15, -0.1) is 5.10 Å². The molecule has 0 saturated carbocycles. The lowest BCUT2D eigenvalue weighted by molar-refractivity contribution is 0.0953. The summed E-state index contributed by atoms with van der Waals surface area (Å²) in [5.74, 6) is -0.395. The second kappa shape index (κ2) is 4.20. The largest absolute Gasteiger partial charge is 0.387 e. The summed E-state index contributed by atoms with van der Waals surface area (Å²) in [5.41, 5.74) is 5.55. The molecular weight excluding hydrogens is 212 g/mol. The van der Waals surface area contributed by atoms with Crippen LogP contribution in [0.15, 0.2) is 11.6 Å². The standard InChI is InChI=1S/C6H7ClN4OS/c1-3(7)2-9-6(12)4-5(8)13-11-10-4/h1-2,8H2,(H,9,12). The summed E-state index contributed by atoms with van der Waals surface area (Å²) in [5, 5.41) is 6.66. The summed E-state index contributed by atoms with van der Waals surface area (Å²) >= 11 is 6.42. The quantitative estimate of drug-likeness (QED) is 0.779. The van der Waals surface area contributed by atoms with Gasteiger partial charge in [0, 0.05) is 16.6 Å². The van der Waals surface area contributed by atoms with Crippen LogP contribution in [0.25, 0.3) is 0 Å². The highest BCUT2D eigenvalue weighted by Crippen LogP contribution is 2.11. The molecule has 0 aliphatic heterocycles. The number of carbonyl (C=O) groups excluding carboxylic acids is 1. The number of carbonyl (C=O) groups is 1. The van der Waals surface area contributed by atoms with E-state index in [1.807, 2.05) is 0 Å². The molecule has 1 aromatic heterocycles. The highest BCUT2D eigenvalue weighted by atomic mass is 35.5. The zero-order valence-corrected chi connectivity index (χ0v) is 8.15. The summed E-state index contributed by atoms with van der Waals surface area (Å²) in [4.78, 5) is 11.2. The van der Waals surface area contributed by atoms with Crippen LogP contribution < -0.4 is 11.1 Å². The Hall–Kier alpha value is -1.14. The molecule has 70 valence electrons. The van der Waals surface area contributed by atoms with Gasteiger partial charge in [0.2, 0.25) is 0 Å². The number of rotatable bonds is 3. The van der Waals surface area contributed by atoms with Crippen LogP contribution in [-0.4, -0.2) is 22.0 Å². The minimum atomic E-state index is -0.395. The third-order valence-corrected chi connectivity index (χ3v) is 1.86. The van der Waals surface area contributed by atoms with E-state index in [2.05, 4.69) is 21.5 Å². The lowest BCUT2D eigenvalue weighted by Gasteiger charge is -2.00. The zero-order valence-electron chi connectivity index (χ0n) is 6.58. The molecule has 0 radical (unpaired) electrons. The number of halogens is 1. The molecule has 1 amide bonds. The Morgan fingerprint density at radius 1 is 1.77 bits per heavy atom. The number of amides is 1. The minimum Gasteiger partial charge on any atom is -0.387 e. The molecule has 0 aromatic carbocycles. The number of nitrogens with one attached hydrogen (secondary N) is 1. The van der Waals surface area contributed by atoms with E-state index in [0.29, 0.717) is 5.03 Å². The lowest BCUT2D eigenvalue weighted by Crippen LogP contribution is -2.25. The van der Waals surface area contributed by atoms with E-state index in [1.54, 1.807) is 0 Å². The van der Waals surface area contributed by atoms with Crippen molar-refractivity contribution in [3.8, 4) is 0 Å². The Labute approximate surface area is 83.7 Å². The number of nitrogen functional groups attached to an aromatic ring is 1. The number of hydrogen-bond acceptors (Lipinski definition) is 5. The van der Waals surface area contributed by atoms with Crippen molar-refractivity contribution in [3.05, 3.63) is 17.3 Å². The van der Waals surface area contributed by atoms with Crippen LogP contribution >= 0.6 is 23.1 Å². The second-order valence-electron chi connectivity index (χ2n) is 2.19. The van der Waals surface area contributed by atoms with Gasteiger partial charge in [-0.1, -0.05) is 22.7 Å². The maximum Gasteiger partial charge on any atom is 0.275 e. The van der Waals surface area contributed by atoms with Crippen LogP contribution in [-0.2, 0) is 0 Å². The first kappa shape index (κ1) is 9.94. The number of nitrogens with two attached hydrogens (primary N) is 1. The monoisotopic (exact) mass is 218 g/mol. The molecule has 5 nitrogen and oxygen atoms in total. The summed E-state index contributed by atoms with van der Waals surface area (Å²) in [6.07, 6.45) is 0. The van der Waals surface area contributed by atoms with Gasteiger partial charge in [-0.25, -0.2) is 0 Å². The van der Waals surface area contributed by atoms with Crippen molar-refractivity contribution in [2.45, 2.75) is 0 Å². The van der Waals surface area contributed by atoms with Gasteiger partial charge in [0.1, 0.15) is 5.00 Å². The summed E-state index contributed by atoms with van der Waals surface area (Å²) in [6.45, 7) is 3.61. The predicted octanol–water partition coefficient (Wildman–Crippen LogP) is 0.603. The van der Waals surface area contributed by atoms with Crippen LogP contribution in [0.1, 0.15) is 10.5 Å². The van der Waals surface area contributed by atoms with Gasteiger partial charge < -0.3 is 11.1 Å². The lowest BCUT2D eigenvalue weighted by atomic mass is 10.4. The highest BCUT2D eigenvalue weighted by molar-refractivity contribution is 7.10. The van der Waals surface area contributed by atoms with Gasteiger partial charge in [-0.3, -0.25) is 4.79 Å². The van der Waals surface area contributed by atoms with Crippen molar-refractivity contribution in [1.82, 2.24) is 14.9 Å². The molecule has 7 heteroatoms. The molecule has 1 aromatic rings. The van der Waals surface area contributed by atoms with Crippen molar-refractivity contribution in [1.29, 1.82) is 0 Å². The van der Waals surface area contributed by atoms with E-state index in [1.165, 1.54) is 0 Å². The van der Waals surface area contributed by atoms with Gasteiger partial charge >= 0.3 is 0 Å². The van der Waals surface area contributed by atoms with Gasteiger partial charge in [0.25, 0.3) is 5.91 Å². The van der Waals surface area contributed by atoms with Crippen molar-refractivity contribution in [2.75, 3.05) is 12.3 Å². The maximum absolute atomic E-state index is 11.2.